The van der Waals surface area contributed by atoms with E-state index in [0.717, 1.165) is 13.0 Å². The van der Waals surface area contributed by atoms with Gasteiger partial charge in [0, 0.05) is 13.0 Å². The first-order valence-corrected chi connectivity index (χ1v) is 5.64. The average molecular weight is 337 g/mol. The SMILES string of the molecule is BrC(Br)(Br)CC1CCCO1. The molecule has 1 atom stereocenters. The summed E-state index contributed by atoms with van der Waals surface area (Å²) in [4.78, 5) is 0. The van der Waals surface area contributed by atoms with Crippen molar-refractivity contribution in [3.8, 4) is 0 Å². The van der Waals surface area contributed by atoms with Crippen molar-refractivity contribution in [3.63, 3.8) is 0 Å². The molecule has 1 fully saturated rings. The van der Waals surface area contributed by atoms with Crippen LogP contribution in [0.25, 0.3) is 0 Å². The van der Waals surface area contributed by atoms with Gasteiger partial charge in [-0.25, -0.2) is 0 Å². The number of ether oxygens (including phenoxy) is 1. The second-order valence-corrected chi connectivity index (χ2v) is 9.71. The number of hydrogen-bond acceptors (Lipinski definition) is 1. The average Bonchev–Trinajstić information content (AvgIpc) is 2.12. The van der Waals surface area contributed by atoms with E-state index in [1.165, 1.54) is 12.8 Å². The molecule has 0 radical (unpaired) electrons. The molecule has 1 nitrogen and oxygen atoms in total. The lowest BCUT2D eigenvalue weighted by Crippen LogP contribution is -2.13. The van der Waals surface area contributed by atoms with E-state index in [4.69, 9.17) is 4.74 Å². The molecule has 0 aromatic carbocycles. The highest BCUT2D eigenvalue weighted by atomic mass is 80.0. The molecule has 0 saturated carbocycles. The highest BCUT2D eigenvalue weighted by molar-refractivity contribution is 9.39. The molecular weight excluding hydrogens is 328 g/mol. The summed E-state index contributed by atoms with van der Waals surface area (Å²) in [6.07, 6.45) is 3.77. The summed E-state index contributed by atoms with van der Waals surface area (Å²) in [7, 11) is 0. The maximum absolute atomic E-state index is 5.44. The second-order valence-electron chi connectivity index (χ2n) is 2.45. The van der Waals surface area contributed by atoms with E-state index in [1.807, 2.05) is 0 Å². The van der Waals surface area contributed by atoms with Gasteiger partial charge in [0.05, 0.1) is 6.10 Å². The van der Waals surface area contributed by atoms with E-state index >= 15 is 0 Å². The van der Waals surface area contributed by atoms with Gasteiger partial charge in [0.1, 0.15) is 2.14 Å². The van der Waals surface area contributed by atoms with Gasteiger partial charge in [-0.15, -0.1) is 0 Å². The molecule has 0 amide bonds. The first-order valence-electron chi connectivity index (χ1n) is 3.26. The van der Waals surface area contributed by atoms with Crippen LogP contribution < -0.4 is 0 Å². The van der Waals surface area contributed by atoms with E-state index in [0.29, 0.717) is 6.10 Å². The standard InChI is InChI=1S/C6H9Br3O/c7-6(8,9)4-5-2-1-3-10-5/h5H,1-4H2. The van der Waals surface area contributed by atoms with E-state index in [1.54, 1.807) is 0 Å². The second kappa shape index (κ2) is 3.87. The molecule has 1 rings (SSSR count). The van der Waals surface area contributed by atoms with Crippen molar-refractivity contribution in [1.29, 1.82) is 0 Å². The van der Waals surface area contributed by atoms with Crippen LogP contribution in [0.4, 0.5) is 0 Å². The lowest BCUT2D eigenvalue weighted by Gasteiger charge is -2.16. The van der Waals surface area contributed by atoms with Gasteiger partial charge < -0.3 is 4.74 Å². The predicted octanol–water partition coefficient (Wildman–Crippen LogP) is 3.39. The third-order valence-electron chi connectivity index (χ3n) is 1.48. The number of rotatable bonds is 1. The third kappa shape index (κ3) is 3.69. The van der Waals surface area contributed by atoms with Gasteiger partial charge >= 0.3 is 0 Å². The third-order valence-corrected chi connectivity index (χ3v) is 2.45. The highest BCUT2D eigenvalue weighted by Gasteiger charge is 2.26. The summed E-state index contributed by atoms with van der Waals surface area (Å²) in [6, 6.07) is 0. The van der Waals surface area contributed by atoms with E-state index in [2.05, 4.69) is 47.8 Å². The van der Waals surface area contributed by atoms with Gasteiger partial charge in [0.2, 0.25) is 0 Å². The van der Waals surface area contributed by atoms with Crippen molar-refractivity contribution in [1.82, 2.24) is 0 Å². The van der Waals surface area contributed by atoms with Crippen LogP contribution in [0.15, 0.2) is 0 Å². The van der Waals surface area contributed by atoms with Crippen molar-refractivity contribution in [2.45, 2.75) is 27.5 Å². The summed E-state index contributed by atoms with van der Waals surface area (Å²) in [5.74, 6) is 0. The Morgan fingerprint density at radius 3 is 2.50 bits per heavy atom. The molecule has 1 saturated heterocycles. The summed E-state index contributed by atoms with van der Waals surface area (Å²) in [6.45, 7) is 0.924. The molecule has 0 bridgehead atoms. The summed E-state index contributed by atoms with van der Waals surface area (Å²) in [5, 5.41) is 0. The Hall–Kier alpha value is 1.40. The molecule has 0 N–H and O–H groups in total. The molecule has 1 aliphatic rings. The van der Waals surface area contributed by atoms with Crippen LogP contribution in [0.5, 0.6) is 0 Å². The quantitative estimate of drug-likeness (QED) is 0.667. The summed E-state index contributed by atoms with van der Waals surface area (Å²) >= 11 is 10.3. The van der Waals surface area contributed by atoms with Gasteiger partial charge in [0.25, 0.3) is 0 Å². The molecule has 60 valence electrons. The Morgan fingerprint density at radius 1 is 1.40 bits per heavy atom. The molecule has 1 heterocycles. The molecule has 0 aromatic heterocycles. The zero-order chi connectivity index (χ0) is 7.61. The van der Waals surface area contributed by atoms with Crippen LogP contribution >= 0.6 is 47.8 Å². The monoisotopic (exact) mass is 334 g/mol. The molecule has 4 heteroatoms. The highest BCUT2D eigenvalue weighted by Crippen LogP contribution is 2.40. The smallest absolute Gasteiger partial charge is 0.137 e. The van der Waals surface area contributed by atoms with Crippen LogP contribution in [0.1, 0.15) is 19.3 Å². The number of halogens is 3. The number of alkyl halides is 3. The van der Waals surface area contributed by atoms with Crippen molar-refractivity contribution in [2.75, 3.05) is 6.61 Å². The Labute approximate surface area is 86.3 Å². The minimum atomic E-state index is -0.123. The van der Waals surface area contributed by atoms with Gasteiger partial charge in [0.15, 0.2) is 0 Å². The fraction of sp³-hybridized carbons (Fsp3) is 1.00. The number of hydrogen-bond donors (Lipinski definition) is 0. The fourth-order valence-corrected chi connectivity index (χ4v) is 2.15. The molecular formula is C6H9Br3O. The van der Waals surface area contributed by atoms with Crippen molar-refractivity contribution >= 4 is 47.8 Å². The molecule has 0 spiro atoms. The molecule has 10 heavy (non-hydrogen) atoms. The van der Waals surface area contributed by atoms with Gasteiger partial charge in [-0.05, 0) is 12.8 Å². The van der Waals surface area contributed by atoms with E-state index in [-0.39, 0.29) is 2.14 Å². The first-order chi connectivity index (χ1) is 4.58. The normalized spacial score (nSPS) is 27.3. The van der Waals surface area contributed by atoms with Crippen LogP contribution in [0.2, 0.25) is 0 Å². The largest absolute Gasteiger partial charge is 0.378 e. The topological polar surface area (TPSA) is 9.23 Å². The molecule has 1 aliphatic heterocycles. The lowest BCUT2D eigenvalue weighted by atomic mass is 10.2. The minimum Gasteiger partial charge on any atom is -0.378 e. The van der Waals surface area contributed by atoms with Crippen LogP contribution in [0.3, 0.4) is 0 Å². The predicted molar refractivity (Wildman–Crippen MR) is 53.1 cm³/mol. The maximum atomic E-state index is 5.44. The molecule has 0 aliphatic carbocycles. The van der Waals surface area contributed by atoms with Crippen LogP contribution in [0, 0.1) is 0 Å². The zero-order valence-corrected chi connectivity index (χ0v) is 10.2. The Kier molecular flexibility index (Phi) is 3.68. The first kappa shape index (κ1) is 9.49. The van der Waals surface area contributed by atoms with Gasteiger partial charge in [-0.1, -0.05) is 47.8 Å². The van der Waals surface area contributed by atoms with Crippen molar-refractivity contribution < 1.29 is 4.74 Å². The van der Waals surface area contributed by atoms with Crippen LogP contribution in [-0.2, 0) is 4.74 Å². The Morgan fingerprint density at radius 2 is 2.10 bits per heavy atom. The van der Waals surface area contributed by atoms with Crippen LogP contribution in [-0.4, -0.2) is 14.9 Å². The zero-order valence-electron chi connectivity index (χ0n) is 5.45. The van der Waals surface area contributed by atoms with E-state index in [9.17, 15) is 0 Å². The van der Waals surface area contributed by atoms with E-state index < -0.39 is 0 Å². The summed E-state index contributed by atoms with van der Waals surface area (Å²) < 4.78 is 5.32. The van der Waals surface area contributed by atoms with Crippen molar-refractivity contribution in [2.24, 2.45) is 0 Å². The molecule has 1 unspecified atom stereocenters. The lowest BCUT2D eigenvalue weighted by molar-refractivity contribution is 0.107. The fourth-order valence-electron chi connectivity index (χ4n) is 1.06. The van der Waals surface area contributed by atoms with Gasteiger partial charge in [-0.3, -0.25) is 0 Å². The Bertz CT molecular complexity index is 104. The van der Waals surface area contributed by atoms with Crippen molar-refractivity contribution in [3.05, 3.63) is 0 Å². The molecule has 0 aromatic rings. The van der Waals surface area contributed by atoms with Gasteiger partial charge in [-0.2, -0.15) is 0 Å². The Balaban J connectivity index is 2.24. The minimum absolute atomic E-state index is 0.123. The maximum Gasteiger partial charge on any atom is 0.137 e. The summed E-state index contributed by atoms with van der Waals surface area (Å²) in [5.41, 5.74) is 0.